The highest BCUT2D eigenvalue weighted by molar-refractivity contribution is 5.64. The van der Waals surface area contributed by atoms with Crippen molar-refractivity contribution in [3.8, 4) is 23.0 Å². The van der Waals surface area contributed by atoms with E-state index in [4.69, 9.17) is 4.52 Å². The quantitative estimate of drug-likeness (QED) is 0.329. The van der Waals surface area contributed by atoms with E-state index in [9.17, 15) is 10.2 Å². The normalized spacial score (nSPS) is 18.6. The van der Waals surface area contributed by atoms with Crippen LogP contribution in [0, 0.1) is 11.8 Å². The number of hydrogen-bond acceptors (Lipinski definition) is 7. The summed E-state index contributed by atoms with van der Waals surface area (Å²) in [6, 6.07) is 16.9. The Morgan fingerprint density at radius 3 is 2.44 bits per heavy atom. The molecule has 2 heterocycles. The van der Waals surface area contributed by atoms with Crippen LogP contribution in [-0.4, -0.2) is 42.6 Å². The number of aliphatic hydroxyl groups is 2. The summed E-state index contributed by atoms with van der Waals surface area (Å²) < 4.78 is 6.48. The number of aliphatic hydroxyl groups excluding tert-OH is 2. The van der Waals surface area contributed by atoms with E-state index in [2.05, 4.69) is 68.7 Å². The van der Waals surface area contributed by atoms with Crippen molar-refractivity contribution >= 4 is 0 Å². The summed E-state index contributed by atoms with van der Waals surface area (Å²) in [5.74, 6) is 7.97. The first-order chi connectivity index (χ1) is 17.6. The molecule has 8 heteroatoms. The van der Waals surface area contributed by atoms with E-state index < -0.39 is 12.1 Å². The molecule has 2 atom stereocenters. The highest BCUT2D eigenvalue weighted by Gasteiger charge is 2.30. The lowest BCUT2D eigenvalue weighted by Gasteiger charge is -2.36. The molecule has 0 aliphatic heterocycles. The lowest BCUT2D eigenvalue weighted by molar-refractivity contribution is 0.176. The minimum atomic E-state index is -0.730. The Hall–Kier alpha value is -3.77. The summed E-state index contributed by atoms with van der Waals surface area (Å²) in [6.45, 7) is 2.12. The molecular formula is C28H29N5O3. The number of nitrogens with one attached hydrogen (secondary N) is 1. The Morgan fingerprint density at radius 2 is 1.81 bits per heavy atom. The van der Waals surface area contributed by atoms with Gasteiger partial charge in [-0.05, 0) is 54.5 Å². The standard InChI is InChI=1S/C28H29N5O3/c1-19(35)28-29-12-13-33(28)26(17-34)11-4-20-2-5-21(6-3-20)22-7-9-23(10-8-22)24-14-25(15-24)30-16-27-31-18-36-32-27/h2-3,5-10,12-13,18-19,24-26,30,34-35H,14-17H2,1H3. The Balaban J connectivity index is 1.17. The zero-order valence-electron chi connectivity index (χ0n) is 20.1. The van der Waals surface area contributed by atoms with Crippen LogP contribution in [0.4, 0.5) is 0 Å². The van der Waals surface area contributed by atoms with Crippen LogP contribution in [0.15, 0.2) is 71.8 Å². The first kappa shape index (κ1) is 23.9. The van der Waals surface area contributed by atoms with Crippen LogP contribution in [-0.2, 0) is 6.54 Å². The Morgan fingerprint density at radius 1 is 1.08 bits per heavy atom. The first-order valence-corrected chi connectivity index (χ1v) is 12.1. The van der Waals surface area contributed by atoms with Gasteiger partial charge < -0.3 is 24.6 Å². The molecule has 1 fully saturated rings. The van der Waals surface area contributed by atoms with Crippen molar-refractivity contribution < 1.29 is 14.7 Å². The number of nitrogens with zero attached hydrogens (tertiary/aromatic N) is 4. The van der Waals surface area contributed by atoms with Gasteiger partial charge in [0.15, 0.2) is 5.82 Å². The second-order valence-corrected chi connectivity index (χ2v) is 9.13. The lowest BCUT2D eigenvalue weighted by atomic mass is 9.75. The second-order valence-electron chi connectivity index (χ2n) is 9.13. The summed E-state index contributed by atoms with van der Waals surface area (Å²) in [7, 11) is 0. The van der Waals surface area contributed by atoms with Crippen LogP contribution in [0.1, 0.15) is 60.6 Å². The summed E-state index contributed by atoms with van der Waals surface area (Å²) in [5, 5.41) is 27.0. The van der Waals surface area contributed by atoms with E-state index in [1.807, 2.05) is 12.1 Å². The maximum absolute atomic E-state index is 9.87. The van der Waals surface area contributed by atoms with Crippen LogP contribution in [0.5, 0.6) is 0 Å². The summed E-state index contributed by atoms with van der Waals surface area (Å²) in [5.41, 5.74) is 4.52. The Bertz CT molecular complexity index is 1310. The van der Waals surface area contributed by atoms with Gasteiger partial charge in [0, 0.05) is 24.0 Å². The van der Waals surface area contributed by atoms with Gasteiger partial charge in [0.25, 0.3) is 0 Å². The van der Waals surface area contributed by atoms with E-state index in [0.717, 1.165) is 29.5 Å². The van der Waals surface area contributed by atoms with Gasteiger partial charge in [-0.3, -0.25) is 0 Å². The molecule has 36 heavy (non-hydrogen) atoms. The minimum Gasteiger partial charge on any atom is -0.393 e. The molecule has 0 spiro atoms. The van der Waals surface area contributed by atoms with Crippen molar-refractivity contribution in [2.45, 2.75) is 50.4 Å². The van der Waals surface area contributed by atoms with Gasteiger partial charge in [0.2, 0.25) is 6.39 Å². The number of benzene rings is 2. The summed E-state index contributed by atoms with van der Waals surface area (Å²) in [4.78, 5) is 8.19. The van der Waals surface area contributed by atoms with Gasteiger partial charge >= 0.3 is 0 Å². The zero-order valence-corrected chi connectivity index (χ0v) is 20.1. The number of hydrogen-bond donors (Lipinski definition) is 3. The first-order valence-electron chi connectivity index (χ1n) is 12.1. The number of aromatic nitrogens is 4. The van der Waals surface area contributed by atoms with Crippen molar-refractivity contribution in [3.05, 3.63) is 90.1 Å². The van der Waals surface area contributed by atoms with Crippen LogP contribution in [0.3, 0.4) is 0 Å². The lowest BCUT2D eigenvalue weighted by Crippen LogP contribution is -2.39. The molecule has 0 amide bonds. The molecule has 184 valence electrons. The van der Waals surface area contributed by atoms with Gasteiger partial charge in [0.05, 0.1) is 13.2 Å². The van der Waals surface area contributed by atoms with E-state index >= 15 is 0 Å². The van der Waals surface area contributed by atoms with E-state index in [0.29, 0.717) is 30.2 Å². The van der Waals surface area contributed by atoms with Crippen LogP contribution in [0.2, 0.25) is 0 Å². The SMILES string of the molecule is CC(O)c1nccn1C(C#Cc1ccc(-c2ccc(C3CC(NCc4ncon4)C3)cc2)cc1)CO. The van der Waals surface area contributed by atoms with Gasteiger partial charge in [-0.25, -0.2) is 4.98 Å². The smallest absolute Gasteiger partial charge is 0.213 e. The molecule has 0 saturated heterocycles. The molecular weight excluding hydrogens is 454 g/mol. The fourth-order valence-electron chi connectivity index (χ4n) is 4.54. The molecule has 2 aromatic carbocycles. The highest BCUT2D eigenvalue weighted by Crippen LogP contribution is 2.37. The number of rotatable bonds is 8. The molecule has 1 aliphatic rings. The summed E-state index contributed by atoms with van der Waals surface area (Å²) in [6.07, 6.45) is 6.17. The topological polar surface area (TPSA) is 109 Å². The maximum atomic E-state index is 9.87. The molecule has 3 N–H and O–H groups in total. The fourth-order valence-corrected chi connectivity index (χ4v) is 4.54. The average Bonchev–Trinajstić information content (AvgIpc) is 3.57. The fraction of sp³-hybridized carbons (Fsp3) is 0.321. The Kier molecular flexibility index (Phi) is 7.23. The van der Waals surface area contributed by atoms with Gasteiger partial charge in [-0.1, -0.05) is 53.4 Å². The minimum absolute atomic E-state index is 0.163. The van der Waals surface area contributed by atoms with E-state index in [-0.39, 0.29) is 6.61 Å². The average molecular weight is 484 g/mol. The third-order valence-corrected chi connectivity index (χ3v) is 6.66. The second kappa shape index (κ2) is 10.9. The molecule has 4 aromatic rings. The maximum Gasteiger partial charge on any atom is 0.213 e. The van der Waals surface area contributed by atoms with Gasteiger partial charge in [-0.15, -0.1) is 0 Å². The molecule has 2 aromatic heterocycles. The van der Waals surface area contributed by atoms with Crippen LogP contribution >= 0.6 is 0 Å². The monoisotopic (exact) mass is 483 g/mol. The van der Waals surface area contributed by atoms with E-state index in [1.54, 1.807) is 23.9 Å². The molecule has 1 saturated carbocycles. The molecule has 5 rings (SSSR count). The Labute approximate surface area is 210 Å². The largest absolute Gasteiger partial charge is 0.393 e. The highest BCUT2D eigenvalue weighted by atomic mass is 16.5. The van der Waals surface area contributed by atoms with Crippen molar-refractivity contribution in [1.29, 1.82) is 0 Å². The van der Waals surface area contributed by atoms with Crippen molar-refractivity contribution in [3.63, 3.8) is 0 Å². The molecule has 0 radical (unpaired) electrons. The molecule has 2 unspecified atom stereocenters. The van der Waals surface area contributed by atoms with Crippen LogP contribution < -0.4 is 5.32 Å². The third kappa shape index (κ3) is 5.39. The molecule has 1 aliphatic carbocycles. The van der Waals surface area contributed by atoms with E-state index in [1.165, 1.54) is 12.0 Å². The predicted molar refractivity (Wildman–Crippen MR) is 135 cm³/mol. The zero-order chi connectivity index (χ0) is 24.9. The van der Waals surface area contributed by atoms with Gasteiger partial charge in [-0.2, -0.15) is 4.98 Å². The molecule has 8 nitrogen and oxygen atoms in total. The van der Waals surface area contributed by atoms with Crippen molar-refractivity contribution in [2.75, 3.05) is 6.61 Å². The predicted octanol–water partition coefficient (Wildman–Crippen LogP) is 3.61. The number of imidazole rings is 1. The summed E-state index contributed by atoms with van der Waals surface area (Å²) >= 11 is 0. The van der Waals surface area contributed by atoms with Crippen LogP contribution in [0.25, 0.3) is 11.1 Å². The van der Waals surface area contributed by atoms with Gasteiger partial charge in [0.1, 0.15) is 18.0 Å². The molecule has 0 bridgehead atoms. The van der Waals surface area contributed by atoms with Crippen molar-refractivity contribution in [1.82, 2.24) is 25.0 Å². The van der Waals surface area contributed by atoms with Crippen molar-refractivity contribution in [2.24, 2.45) is 0 Å². The third-order valence-electron chi connectivity index (χ3n) is 6.66.